The highest BCUT2D eigenvalue weighted by Crippen LogP contribution is 2.15. The topological polar surface area (TPSA) is 45.5 Å². The summed E-state index contributed by atoms with van der Waals surface area (Å²) in [7, 11) is 0. The Bertz CT molecular complexity index is 352. The van der Waals surface area contributed by atoms with Crippen LogP contribution in [-0.2, 0) is 0 Å². The number of carbonyl (C=O) groups excluding carboxylic acids is 1. The van der Waals surface area contributed by atoms with Crippen LogP contribution in [0.5, 0.6) is 0 Å². The minimum Gasteiger partial charge on any atom is -0.452 e. The fourth-order valence-electron chi connectivity index (χ4n) is 1.62. The van der Waals surface area contributed by atoms with Crippen molar-refractivity contribution in [1.82, 2.24) is 10.2 Å². The van der Waals surface area contributed by atoms with Crippen LogP contribution in [0.4, 0.5) is 0 Å². The molecule has 0 aliphatic carbocycles. The first-order chi connectivity index (χ1) is 8.19. The van der Waals surface area contributed by atoms with E-state index in [1.54, 1.807) is 6.07 Å². The lowest BCUT2D eigenvalue weighted by Crippen LogP contribution is -2.35. The van der Waals surface area contributed by atoms with Crippen LogP contribution in [0.15, 0.2) is 16.7 Å². The van der Waals surface area contributed by atoms with Crippen LogP contribution in [0.25, 0.3) is 0 Å². The molecule has 0 saturated heterocycles. The van der Waals surface area contributed by atoms with E-state index in [1.165, 1.54) is 6.26 Å². The van der Waals surface area contributed by atoms with Crippen molar-refractivity contribution in [1.29, 1.82) is 0 Å². The number of halogens is 1. The van der Waals surface area contributed by atoms with Gasteiger partial charge in [0.1, 0.15) is 0 Å². The van der Waals surface area contributed by atoms with E-state index in [1.807, 2.05) is 0 Å². The lowest BCUT2D eigenvalue weighted by Gasteiger charge is -2.19. The summed E-state index contributed by atoms with van der Waals surface area (Å²) in [6.07, 6.45) is 2.53. The van der Waals surface area contributed by atoms with E-state index in [9.17, 15) is 4.79 Å². The van der Waals surface area contributed by atoms with Gasteiger partial charge in [0.05, 0.1) is 11.8 Å². The van der Waals surface area contributed by atoms with Gasteiger partial charge in [0, 0.05) is 13.1 Å². The summed E-state index contributed by atoms with van der Waals surface area (Å²) in [4.78, 5) is 14.0. The number of amides is 1. The van der Waals surface area contributed by atoms with E-state index in [0.29, 0.717) is 12.1 Å². The van der Waals surface area contributed by atoms with Crippen molar-refractivity contribution in [2.45, 2.75) is 20.3 Å². The van der Waals surface area contributed by atoms with Crippen LogP contribution >= 0.6 is 11.6 Å². The van der Waals surface area contributed by atoms with Crippen molar-refractivity contribution in [3.8, 4) is 0 Å². The van der Waals surface area contributed by atoms with Crippen LogP contribution in [0.1, 0.15) is 30.6 Å². The van der Waals surface area contributed by atoms with E-state index in [0.717, 1.165) is 26.1 Å². The fraction of sp³-hybridized carbons (Fsp3) is 0.583. The molecule has 0 fully saturated rings. The van der Waals surface area contributed by atoms with Gasteiger partial charge in [-0.25, -0.2) is 0 Å². The molecule has 0 aromatic carbocycles. The molecule has 1 aromatic heterocycles. The van der Waals surface area contributed by atoms with Crippen molar-refractivity contribution >= 4 is 17.5 Å². The maximum Gasteiger partial charge on any atom is 0.256 e. The van der Waals surface area contributed by atoms with Crippen LogP contribution in [0.2, 0.25) is 5.22 Å². The monoisotopic (exact) mass is 258 g/mol. The molecule has 1 rings (SSSR count). The summed E-state index contributed by atoms with van der Waals surface area (Å²) in [6.45, 7) is 7.78. The van der Waals surface area contributed by atoms with E-state index in [4.69, 9.17) is 16.0 Å². The Labute approximate surface area is 107 Å². The van der Waals surface area contributed by atoms with Crippen molar-refractivity contribution in [3.63, 3.8) is 0 Å². The number of hydrogen-bond donors (Lipinski definition) is 1. The first kappa shape index (κ1) is 14.1. The molecule has 5 heteroatoms. The molecule has 0 aliphatic rings. The van der Waals surface area contributed by atoms with Crippen molar-refractivity contribution in [3.05, 3.63) is 23.1 Å². The number of nitrogens with zero attached hydrogens (tertiary/aromatic N) is 1. The minimum atomic E-state index is -0.184. The Kier molecular flexibility index (Phi) is 6.08. The predicted molar refractivity (Wildman–Crippen MR) is 68.5 cm³/mol. The third-order valence-electron chi connectivity index (χ3n) is 2.56. The number of carbonyl (C=O) groups is 1. The van der Waals surface area contributed by atoms with Crippen molar-refractivity contribution in [2.75, 3.05) is 26.2 Å². The standard InChI is InChI=1S/C12H19ClN2O2/c1-3-7-15(4-2)8-6-14-12(16)10-5-9-17-11(10)13/h5,9H,3-4,6-8H2,1-2H3,(H,14,16). The highest BCUT2D eigenvalue weighted by atomic mass is 35.5. The largest absolute Gasteiger partial charge is 0.452 e. The Balaban J connectivity index is 2.31. The van der Waals surface area contributed by atoms with Crippen LogP contribution in [0.3, 0.4) is 0 Å². The molecule has 1 N–H and O–H groups in total. The second-order valence-electron chi connectivity index (χ2n) is 3.80. The van der Waals surface area contributed by atoms with Gasteiger partial charge in [-0.2, -0.15) is 0 Å². The van der Waals surface area contributed by atoms with Gasteiger partial charge in [-0.15, -0.1) is 0 Å². The second-order valence-corrected chi connectivity index (χ2v) is 4.14. The Morgan fingerprint density at radius 2 is 2.24 bits per heavy atom. The van der Waals surface area contributed by atoms with Gasteiger partial charge in [-0.05, 0) is 37.2 Å². The molecule has 0 spiro atoms. The number of hydrogen-bond acceptors (Lipinski definition) is 3. The van der Waals surface area contributed by atoms with Gasteiger partial charge in [0.15, 0.2) is 0 Å². The van der Waals surface area contributed by atoms with Crippen molar-refractivity contribution < 1.29 is 9.21 Å². The molecule has 1 amide bonds. The molecule has 96 valence electrons. The number of likely N-dealkylation sites (N-methyl/N-ethyl adjacent to an activating group) is 1. The number of nitrogens with one attached hydrogen (secondary N) is 1. The van der Waals surface area contributed by atoms with Crippen LogP contribution < -0.4 is 5.32 Å². The number of rotatable bonds is 7. The zero-order valence-corrected chi connectivity index (χ0v) is 11.1. The van der Waals surface area contributed by atoms with E-state index in [2.05, 4.69) is 24.1 Å². The van der Waals surface area contributed by atoms with Crippen molar-refractivity contribution in [2.24, 2.45) is 0 Å². The fourth-order valence-corrected chi connectivity index (χ4v) is 1.82. The Morgan fingerprint density at radius 3 is 2.76 bits per heavy atom. The van der Waals surface area contributed by atoms with Gasteiger partial charge < -0.3 is 14.6 Å². The zero-order valence-electron chi connectivity index (χ0n) is 10.3. The Morgan fingerprint density at radius 1 is 1.47 bits per heavy atom. The molecule has 1 heterocycles. The molecule has 1 aromatic rings. The summed E-state index contributed by atoms with van der Waals surface area (Å²) in [5, 5.41) is 2.97. The average molecular weight is 259 g/mol. The van der Waals surface area contributed by atoms with E-state index in [-0.39, 0.29) is 11.1 Å². The van der Waals surface area contributed by atoms with E-state index < -0.39 is 0 Å². The van der Waals surface area contributed by atoms with Gasteiger partial charge >= 0.3 is 0 Å². The molecular formula is C12H19ClN2O2. The normalized spacial score (nSPS) is 10.8. The van der Waals surface area contributed by atoms with E-state index >= 15 is 0 Å². The predicted octanol–water partition coefficient (Wildman–Crippen LogP) is 2.39. The summed E-state index contributed by atoms with van der Waals surface area (Å²) in [5.74, 6) is -0.184. The van der Waals surface area contributed by atoms with Gasteiger partial charge in [0.2, 0.25) is 5.22 Å². The highest BCUT2D eigenvalue weighted by Gasteiger charge is 2.12. The van der Waals surface area contributed by atoms with Crippen LogP contribution in [0, 0.1) is 0 Å². The second kappa shape index (κ2) is 7.35. The molecule has 0 radical (unpaired) electrons. The quantitative estimate of drug-likeness (QED) is 0.817. The molecular weight excluding hydrogens is 240 g/mol. The summed E-state index contributed by atoms with van der Waals surface area (Å²) in [5.41, 5.74) is 0.394. The van der Waals surface area contributed by atoms with Crippen LogP contribution in [-0.4, -0.2) is 37.0 Å². The maximum atomic E-state index is 11.7. The summed E-state index contributed by atoms with van der Waals surface area (Å²) < 4.78 is 4.87. The lowest BCUT2D eigenvalue weighted by molar-refractivity contribution is 0.0948. The lowest BCUT2D eigenvalue weighted by atomic mass is 10.3. The molecule has 4 nitrogen and oxygen atoms in total. The van der Waals surface area contributed by atoms with Gasteiger partial charge in [-0.1, -0.05) is 13.8 Å². The average Bonchev–Trinajstić information content (AvgIpc) is 2.74. The maximum absolute atomic E-state index is 11.7. The molecule has 17 heavy (non-hydrogen) atoms. The molecule has 0 bridgehead atoms. The third kappa shape index (κ3) is 4.40. The van der Waals surface area contributed by atoms with Gasteiger partial charge in [0.25, 0.3) is 5.91 Å². The first-order valence-corrected chi connectivity index (χ1v) is 6.30. The van der Waals surface area contributed by atoms with Gasteiger partial charge in [-0.3, -0.25) is 4.79 Å². The molecule has 0 aliphatic heterocycles. The smallest absolute Gasteiger partial charge is 0.256 e. The zero-order chi connectivity index (χ0) is 12.7. The minimum absolute atomic E-state index is 0.142. The molecule has 0 atom stereocenters. The Hall–Kier alpha value is -1.00. The molecule has 0 unspecified atom stereocenters. The SMILES string of the molecule is CCCN(CC)CCNC(=O)c1ccoc1Cl. The highest BCUT2D eigenvalue weighted by molar-refractivity contribution is 6.32. The molecule has 0 saturated carbocycles. The first-order valence-electron chi connectivity index (χ1n) is 5.92. The summed E-state index contributed by atoms with van der Waals surface area (Å²) in [6, 6.07) is 1.57. The third-order valence-corrected chi connectivity index (χ3v) is 2.86. The summed E-state index contributed by atoms with van der Waals surface area (Å²) >= 11 is 5.72. The number of furan rings is 1.